The number of methoxy groups -OCH3 is 1. The van der Waals surface area contributed by atoms with Crippen LogP contribution in [0.5, 0.6) is 11.5 Å². The van der Waals surface area contributed by atoms with Gasteiger partial charge in [-0.05, 0) is 37.4 Å². The number of halogens is 2. The average molecular weight is 350 g/mol. The van der Waals surface area contributed by atoms with Crippen LogP contribution in [0.3, 0.4) is 0 Å². The van der Waals surface area contributed by atoms with Crippen LogP contribution in [0.1, 0.15) is 17.2 Å². The Hall–Kier alpha value is -2.18. The van der Waals surface area contributed by atoms with E-state index < -0.39 is 6.61 Å². The Morgan fingerprint density at radius 3 is 2.36 bits per heavy atom. The van der Waals surface area contributed by atoms with E-state index in [4.69, 9.17) is 4.74 Å². The standard InChI is InChI=1S/C19H24F2N2O2/c1-23(2)13-16(15-7-5-4-6-8-15)22-12-14-9-10-17(24-3)18(11-14)25-19(20)21/h4-11,16,19,22H,12-13H2,1-3H3. The van der Waals surface area contributed by atoms with Crippen LogP contribution in [0.15, 0.2) is 48.5 Å². The van der Waals surface area contributed by atoms with Crippen molar-refractivity contribution < 1.29 is 18.3 Å². The first-order chi connectivity index (χ1) is 12.0. The van der Waals surface area contributed by atoms with Crippen LogP contribution < -0.4 is 14.8 Å². The predicted octanol–water partition coefficient (Wildman–Crippen LogP) is 3.69. The molecule has 1 N–H and O–H groups in total. The summed E-state index contributed by atoms with van der Waals surface area (Å²) in [7, 11) is 5.45. The molecule has 0 aliphatic rings. The van der Waals surface area contributed by atoms with Gasteiger partial charge in [0, 0.05) is 19.1 Å². The second-order valence-electron chi connectivity index (χ2n) is 5.97. The molecule has 2 aromatic carbocycles. The molecule has 1 atom stereocenters. The zero-order valence-corrected chi connectivity index (χ0v) is 14.7. The third-order valence-corrected chi connectivity index (χ3v) is 3.75. The highest BCUT2D eigenvalue weighted by Gasteiger charge is 2.14. The minimum atomic E-state index is -2.89. The highest BCUT2D eigenvalue weighted by molar-refractivity contribution is 5.43. The molecule has 0 saturated heterocycles. The van der Waals surface area contributed by atoms with Crippen LogP contribution in [-0.2, 0) is 6.54 Å². The number of hydrogen-bond acceptors (Lipinski definition) is 4. The van der Waals surface area contributed by atoms with Crippen molar-refractivity contribution in [1.29, 1.82) is 0 Å². The molecular weight excluding hydrogens is 326 g/mol. The number of rotatable bonds is 9. The van der Waals surface area contributed by atoms with Gasteiger partial charge < -0.3 is 19.7 Å². The maximum atomic E-state index is 12.5. The third-order valence-electron chi connectivity index (χ3n) is 3.75. The number of nitrogens with zero attached hydrogens (tertiary/aromatic N) is 1. The van der Waals surface area contributed by atoms with Crippen LogP contribution in [0.2, 0.25) is 0 Å². The molecule has 0 amide bonds. The van der Waals surface area contributed by atoms with Crippen LogP contribution in [0.4, 0.5) is 8.78 Å². The maximum absolute atomic E-state index is 12.5. The number of alkyl halides is 2. The molecule has 0 saturated carbocycles. The van der Waals surface area contributed by atoms with E-state index in [-0.39, 0.29) is 17.5 Å². The number of ether oxygens (including phenoxy) is 2. The summed E-state index contributed by atoms with van der Waals surface area (Å²) in [6.45, 7) is -1.54. The van der Waals surface area contributed by atoms with Crippen LogP contribution in [0, 0.1) is 0 Å². The lowest BCUT2D eigenvalue weighted by Crippen LogP contribution is -2.30. The Balaban J connectivity index is 2.11. The second kappa shape index (κ2) is 9.34. The first-order valence-corrected chi connectivity index (χ1v) is 8.04. The molecule has 6 heteroatoms. The van der Waals surface area contributed by atoms with Crippen molar-refractivity contribution in [3.05, 3.63) is 59.7 Å². The molecule has 0 aliphatic carbocycles. The Kier molecular flexibility index (Phi) is 7.16. The first kappa shape index (κ1) is 19.1. The first-order valence-electron chi connectivity index (χ1n) is 8.04. The molecular formula is C19H24F2N2O2. The van der Waals surface area contributed by atoms with Gasteiger partial charge in [-0.25, -0.2) is 0 Å². The van der Waals surface area contributed by atoms with Crippen LogP contribution in [0.25, 0.3) is 0 Å². The van der Waals surface area contributed by atoms with Gasteiger partial charge in [-0.15, -0.1) is 0 Å². The van der Waals surface area contributed by atoms with Crippen molar-refractivity contribution in [3.8, 4) is 11.5 Å². The Morgan fingerprint density at radius 2 is 1.76 bits per heavy atom. The quantitative estimate of drug-likeness (QED) is 0.748. The van der Waals surface area contributed by atoms with E-state index in [2.05, 4.69) is 27.1 Å². The average Bonchev–Trinajstić information content (AvgIpc) is 2.58. The number of nitrogens with one attached hydrogen (secondary N) is 1. The molecule has 0 heterocycles. The van der Waals surface area contributed by atoms with E-state index in [1.54, 1.807) is 12.1 Å². The predicted molar refractivity (Wildman–Crippen MR) is 94.2 cm³/mol. The van der Waals surface area contributed by atoms with Gasteiger partial charge in [0.25, 0.3) is 0 Å². The van der Waals surface area contributed by atoms with Gasteiger partial charge in [0.05, 0.1) is 7.11 Å². The van der Waals surface area contributed by atoms with Gasteiger partial charge in [-0.3, -0.25) is 0 Å². The summed E-state index contributed by atoms with van der Waals surface area (Å²) < 4.78 is 34.7. The SMILES string of the molecule is COc1ccc(CNC(CN(C)C)c2ccccc2)cc1OC(F)F. The molecule has 0 bridgehead atoms. The lowest BCUT2D eigenvalue weighted by Gasteiger charge is -2.23. The van der Waals surface area contributed by atoms with Crippen molar-refractivity contribution in [1.82, 2.24) is 10.2 Å². The van der Waals surface area contributed by atoms with Crippen molar-refractivity contribution in [2.75, 3.05) is 27.7 Å². The summed E-state index contributed by atoms with van der Waals surface area (Å²) in [4.78, 5) is 2.10. The summed E-state index contributed by atoms with van der Waals surface area (Å²) in [6, 6.07) is 15.3. The number of hydrogen-bond donors (Lipinski definition) is 1. The van der Waals surface area contributed by atoms with E-state index in [1.165, 1.54) is 12.7 Å². The van der Waals surface area contributed by atoms with Crippen LogP contribution >= 0.6 is 0 Å². The Morgan fingerprint density at radius 1 is 1.04 bits per heavy atom. The minimum Gasteiger partial charge on any atom is -0.493 e. The van der Waals surface area contributed by atoms with Gasteiger partial charge in [-0.2, -0.15) is 8.78 Å². The lowest BCUT2D eigenvalue weighted by molar-refractivity contribution is -0.0512. The van der Waals surface area contributed by atoms with E-state index >= 15 is 0 Å². The molecule has 0 radical (unpaired) electrons. The van der Waals surface area contributed by atoms with Gasteiger partial charge in [0.15, 0.2) is 11.5 Å². The van der Waals surface area contributed by atoms with Crippen molar-refractivity contribution >= 4 is 0 Å². The van der Waals surface area contributed by atoms with Gasteiger partial charge in [0.1, 0.15) is 0 Å². The van der Waals surface area contributed by atoms with Crippen molar-refractivity contribution in [2.45, 2.75) is 19.2 Å². The maximum Gasteiger partial charge on any atom is 0.387 e. The molecule has 136 valence electrons. The third kappa shape index (κ3) is 5.99. The molecule has 1 unspecified atom stereocenters. The minimum absolute atomic E-state index is 0.0423. The number of benzene rings is 2. The molecule has 0 aliphatic heterocycles. The summed E-state index contributed by atoms with van der Waals surface area (Å²) in [6.07, 6.45) is 0. The zero-order chi connectivity index (χ0) is 18.2. The number of likely N-dealkylation sites (N-methyl/N-ethyl adjacent to an activating group) is 1. The van der Waals surface area contributed by atoms with E-state index in [1.807, 2.05) is 38.4 Å². The molecule has 2 aromatic rings. The smallest absolute Gasteiger partial charge is 0.387 e. The molecule has 25 heavy (non-hydrogen) atoms. The second-order valence-corrected chi connectivity index (χ2v) is 5.97. The van der Waals surface area contributed by atoms with E-state index in [0.29, 0.717) is 6.54 Å². The highest BCUT2D eigenvalue weighted by atomic mass is 19.3. The zero-order valence-electron chi connectivity index (χ0n) is 14.7. The van der Waals surface area contributed by atoms with Gasteiger partial charge >= 0.3 is 6.61 Å². The van der Waals surface area contributed by atoms with E-state index in [9.17, 15) is 8.78 Å². The Labute approximate surface area is 147 Å². The molecule has 2 rings (SSSR count). The van der Waals surface area contributed by atoms with Gasteiger partial charge in [-0.1, -0.05) is 36.4 Å². The molecule has 0 aromatic heterocycles. The molecule has 4 nitrogen and oxygen atoms in total. The summed E-state index contributed by atoms with van der Waals surface area (Å²) in [5.74, 6) is 0.331. The largest absolute Gasteiger partial charge is 0.493 e. The molecule has 0 spiro atoms. The fourth-order valence-electron chi connectivity index (χ4n) is 2.60. The topological polar surface area (TPSA) is 33.7 Å². The van der Waals surface area contributed by atoms with Crippen LogP contribution in [-0.4, -0.2) is 39.3 Å². The van der Waals surface area contributed by atoms with Gasteiger partial charge in [0.2, 0.25) is 0 Å². The Bertz CT molecular complexity index is 651. The summed E-state index contributed by atoms with van der Waals surface area (Å²) in [5.41, 5.74) is 2.02. The lowest BCUT2D eigenvalue weighted by atomic mass is 10.1. The van der Waals surface area contributed by atoms with Crippen molar-refractivity contribution in [2.24, 2.45) is 0 Å². The fraction of sp³-hybridized carbons (Fsp3) is 0.368. The summed E-state index contributed by atoms with van der Waals surface area (Å²) >= 11 is 0. The summed E-state index contributed by atoms with van der Waals surface area (Å²) in [5, 5.41) is 3.48. The fourth-order valence-corrected chi connectivity index (χ4v) is 2.60. The molecule has 0 fully saturated rings. The van der Waals surface area contributed by atoms with E-state index in [0.717, 1.165) is 12.1 Å². The normalized spacial score (nSPS) is 12.4. The monoisotopic (exact) mass is 350 g/mol. The van der Waals surface area contributed by atoms with Crippen molar-refractivity contribution in [3.63, 3.8) is 0 Å². The highest BCUT2D eigenvalue weighted by Crippen LogP contribution is 2.29.